The van der Waals surface area contributed by atoms with Gasteiger partial charge in [0.2, 0.25) is 0 Å². The highest BCUT2D eigenvalue weighted by molar-refractivity contribution is 6.36. The van der Waals surface area contributed by atoms with Crippen molar-refractivity contribution in [1.29, 1.82) is 0 Å². The normalized spacial score (nSPS) is 19.1. The Labute approximate surface area is 194 Å². The Morgan fingerprint density at radius 2 is 1.94 bits per heavy atom. The van der Waals surface area contributed by atoms with Gasteiger partial charge in [-0.05, 0) is 70.6 Å². The number of piperazine rings is 1. The second kappa shape index (κ2) is 8.89. The van der Waals surface area contributed by atoms with Crippen molar-refractivity contribution >= 4 is 34.5 Å². The van der Waals surface area contributed by atoms with Gasteiger partial charge in [-0.25, -0.2) is 4.79 Å². The van der Waals surface area contributed by atoms with Crippen LogP contribution >= 0.6 is 11.6 Å². The number of carbonyl (C=O) groups is 2. The maximum atomic E-state index is 13.3. The summed E-state index contributed by atoms with van der Waals surface area (Å²) in [5, 5.41) is 1.69. The van der Waals surface area contributed by atoms with Gasteiger partial charge in [-0.3, -0.25) is 9.78 Å². The van der Waals surface area contributed by atoms with Crippen molar-refractivity contribution in [3.63, 3.8) is 0 Å². The molecule has 2 heterocycles. The van der Waals surface area contributed by atoms with Crippen LogP contribution in [0, 0.1) is 0 Å². The van der Waals surface area contributed by atoms with Crippen molar-refractivity contribution in [3.05, 3.63) is 40.0 Å². The second-order valence-corrected chi connectivity index (χ2v) is 10.2. The SMILES string of the molecule is CCC1CN(C(=O)c2ccc3c(Cl)c4c(nc3c2)CCCC4)CCN1C(=O)OC(C)(C)C. The molecule has 1 aromatic heterocycles. The predicted octanol–water partition coefficient (Wildman–Crippen LogP) is 5.24. The number of hydrogen-bond donors (Lipinski definition) is 0. The standard InChI is InChI=1S/C25H32ClN3O3/c1-5-17-15-28(12-13-29(17)24(31)32-25(2,3)4)23(30)16-10-11-19-21(14-16)27-20-9-7-6-8-18(20)22(19)26/h10-11,14,17H,5-9,12-13,15H2,1-4H3. The third kappa shape index (κ3) is 4.56. The molecule has 2 aromatic rings. The van der Waals surface area contributed by atoms with Crippen molar-refractivity contribution in [1.82, 2.24) is 14.8 Å². The maximum absolute atomic E-state index is 13.3. The van der Waals surface area contributed by atoms with Crippen LogP contribution in [0.2, 0.25) is 5.02 Å². The fourth-order valence-corrected chi connectivity index (χ4v) is 5.00. The number of benzene rings is 1. The third-order valence-electron chi connectivity index (χ3n) is 6.31. The summed E-state index contributed by atoms with van der Waals surface area (Å²) in [5.41, 5.74) is 3.07. The van der Waals surface area contributed by atoms with E-state index in [9.17, 15) is 9.59 Å². The van der Waals surface area contributed by atoms with E-state index < -0.39 is 5.60 Å². The summed E-state index contributed by atoms with van der Waals surface area (Å²) >= 11 is 6.68. The Morgan fingerprint density at radius 3 is 2.66 bits per heavy atom. The number of aromatic nitrogens is 1. The van der Waals surface area contributed by atoms with Crippen LogP contribution in [0.1, 0.15) is 68.6 Å². The fraction of sp³-hybridized carbons (Fsp3) is 0.560. The number of halogens is 1. The molecular formula is C25H32ClN3O3. The van der Waals surface area contributed by atoms with E-state index in [2.05, 4.69) is 0 Å². The minimum Gasteiger partial charge on any atom is -0.444 e. The summed E-state index contributed by atoms with van der Waals surface area (Å²) in [4.78, 5) is 34.3. The highest BCUT2D eigenvalue weighted by Gasteiger charge is 2.34. The molecule has 1 aliphatic heterocycles. The Hall–Kier alpha value is -2.34. The Balaban J connectivity index is 1.54. The van der Waals surface area contributed by atoms with E-state index in [1.54, 1.807) is 4.90 Å². The summed E-state index contributed by atoms with van der Waals surface area (Å²) in [7, 11) is 0. The zero-order valence-electron chi connectivity index (χ0n) is 19.4. The van der Waals surface area contributed by atoms with Gasteiger partial charge >= 0.3 is 6.09 Å². The Kier molecular flexibility index (Phi) is 6.35. The molecule has 0 radical (unpaired) electrons. The summed E-state index contributed by atoms with van der Waals surface area (Å²) in [5.74, 6) is -0.0372. The smallest absolute Gasteiger partial charge is 0.410 e. The average Bonchev–Trinajstić information content (AvgIpc) is 2.76. The van der Waals surface area contributed by atoms with Crippen LogP contribution in [0.4, 0.5) is 4.79 Å². The maximum Gasteiger partial charge on any atom is 0.410 e. The molecule has 0 saturated carbocycles. The molecule has 2 aliphatic rings. The van der Waals surface area contributed by atoms with E-state index in [1.807, 2.05) is 50.8 Å². The lowest BCUT2D eigenvalue weighted by atomic mass is 9.94. The summed E-state index contributed by atoms with van der Waals surface area (Å²) in [6, 6.07) is 5.55. The molecule has 6 nitrogen and oxygen atoms in total. The molecule has 1 atom stereocenters. The fourth-order valence-electron chi connectivity index (χ4n) is 4.63. The molecule has 172 valence electrons. The van der Waals surface area contributed by atoms with Gasteiger partial charge in [-0.15, -0.1) is 0 Å². The number of amides is 2. The molecule has 7 heteroatoms. The third-order valence-corrected chi connectivity index (χ3v) is 6.74. The minimum atomic E-state index is -0.541. The average molecular weight is 458 g/mol. The van der Waals surface area contributed by atoms with Crippen molar-refractivity contribution in [2.24, 2.45) is 0 Å². The van der Waals surface area contributed by atoms with E-state index in [-0.39, 0.29) is 18.0 Å². The van der Waals surface area contributed by atoms with Crippen LogP contribution in [-0.4, -0.2) is 58.1 Å². The lowest BCUT2D eigenvalue weighted by Gasteiger charge is -2.41. The molecule has 1 unspecified atom stereocenters. The Bertz CT molecular complexity index is 1050. The van der Waals surface area contributed by atoms with E-state index in [0.717, 1.165) is 59.3 Å². The van der Waals surface area contributed by atoms with Gasteiger partial charge in [0.05, 0.1) is 16.6 Å². The summed E-state index contributed by atoms with van der Waals surface area (Å²) < 4.78 is 5.56. The van der Waals surface area contributed by atoms with Gasteiger partial charge in [0.25, 0.3) is 5.91 Å². The van der Waals surface area contributed by atoms with Crippen molar-refractivity contribution in [2.75, 3.05) is 19.6 Å². The van der Waals surface area contributed by atoms with Crippen molar-refractivity contribution < 1.29 is 14.3 Å². The molecule has 1 aliphatic carbocycles. The molecule has 1 fully saturated rings. The lowest BCUT2D eigenvalue weighted by molar-refractivity contribution is -0.00119. The predicted molar refractivity (Wildman–Crippen MR) is 126 cm³/mol. The van der Waals surface area contributed by atoms with E-state index in [1.165, 1.54) is 0 Å². The van der Waals surface area contributed by atoms with Gasteiger partial charge in [0.1, 0.15) is 5.60 Å². The number of pyridine rings is 1. The number of rotatable bonds is 2. The van der Waals surface area contributed by atoms with Crippen LogP contribution in [-0.2, 0) is 17.6 Å². The molecule has 32 heavy (non-hydrogen) atoms. The van der Waals surface area contributed by atoms with E-state index in [4.69, 9.17) is 21.3 Å². The first-order valence-corrected chi connectivity index (χ1v) is 12.0. The molecule has 0 N–H and O–H groups in total. The first-order chi connectivity index (χ1) is 15.2. The van der Waals surface area contributed by atoms with Crippen LogP contribution in [0.3, 0.4) is 0 Å². The molecule has 2 amide bonds. The number of fused-ring (bicyclic) bond motifs is 2. The molecule has 1 aromatic carbocycles. The quantitative estimate of drug-likeness (QED) is 0.618. The first kappa shape index (κ1) is 22.8. The number of ether oxygens (including phenoxy) is 1. The van der Waals surface area contributed by atoms with Crippen LogP contribution in [0.15, 0.2) is 18.2 Å². The zero-order valence-corrected chi connectivity index (χ0v) is 20.2. The first-order valence-electron chi connectivity index (χ1n) is 11.6. The van der Waals surface area contributed by atoms with E-state index >= 15 is 0 Å². The zero-order chi connectivity index (χ0) is 23.0. The van der Waals surface area contributed by atoms with Crippen molar-refractivity contribution in [2.45, 2.75) is 71.4 Å². The van der Waals surface area contributed by atoms with E-state index in [0.29, 0.717) is 25.2 Å². The largest absolute Gasteiger partial charge is 0.444 e. The summed E-state index contributed by atoms with van der Waals surface area (Å²) in [6.45, 7) is 9.05. The molecule has 0 spiro atoms. The highest BCUT2D eigenvalue weighted by atomic mass is 35.5. The van der Waals surface area contributed by atoms with Gasteiger partial charge < -0.3 is 14.5 Å². The lowest BCUT2D eigenvalue weighted by Crippen LogP contribution is -2.57. The topological polar surface area (TPSA) is 62.7 Å². The monoisotopic (exact) mass is 457 g/mol. The number of carbonyl (C=O) groups excluding carboxylic acids is 2. The van der Waals surface area contributed by atoms with Crippen molar-refractivity contribution in [3.8, 4) is 0 Å². The van der Waals surface area contributed by atoms with Gasteiger partial charge in [-0.2, -0.15) is 0 Å². The van der Waals surface area contributed by atoms with Crippen LogP contribution < -0.4 is 0 Å². The minimum absolute atomic E-state index is 0.0372. The molecular weight excluding hydrogens is 426 g/mol. The second-order valence-electron chi connectivity index (χ2n) is 9.78. The van der Waals surface area contributed by atoms with Gasteiger partial charge in [0.15, 0.2) is 0 Å². The van der Waals surface area contributed by atoms with Crippen LogP contribution in [0.25, 0.3) is 10.9 Å². The number of aryl methyl sites for hydroxylation is 1. The van der Waals surface area contributed by atoms with Gasteiger partial charge in [0, 0.05) is 36.3 Å². The molecule has 4 rings (SSSR count). The molecule has 1 saturated heterocycles. The highest BCUT2D eigenvalue weighted by Crippen LogP contribution is 2.33. The number of nitrogens with zero attached hydrogens (tertiary/aromatic N) is 3. The van der Waals surface area contributed by atoms with Gasteiger partial charge in [-0.1, -0.05) is 24.6 Å². The summed E-state index contributed by atoms with van der Waals surface area (Å²) in [6.07, 6.45) is 4.62. The number of hydrogen-bond acceptors (Lipinski definition) is 4. The Morgan fingerprint density at radius 1 is 1.19 bits per heavy atom. The molecule has 0 bridgehead atoms. The van der Waals surface area contributed by atoms with Crippen LogP contribution in [0.5, 0.6) is 0 Å².